The number of sulfonamides is 1. The Morgan fingerprint density at radius 1 is 1.08 bits per heavy atom. The summed E-state index contributed by atoms with van der Waals surface area (Å²) in [6.07, 6.45) is 3.85. The molecule has 3 heterocycles. The molecule has 5 rings (SSSR count). The minimum atomic E-state index is -4.04. The number of nitrogens with one attached hydrogen (secondary N) is 1. The third-order valence-corrected chi connectivity index (χ3v) is 7.87. The van der Waals surface area contributed by atoms with Gasteiger partial charge < -0.3 is 0 Å². The van der Waals surface area contributed by atoms with Crippen molar-refractivity contribution in [3.63, 3.8) is 0 Å². The van der Waals surface area contributed by atoms with Crippen LogP contribution in [0, 0.1) is 5.82 Å². The fourth-order valence-corrected chi connectivity index (χ4v) is 5.79. The number of anilines is 1. The highest BCUT2D eigenvalue weighted by molar-refractivity contribution is 7.95. The maximum atomic E-state index is 13.4. The molecule has 188 valence electrons. The number of hydrogen-bond donors (Lipinski definition) is 1. The van der Waals surface area contributed by atoms with Crippen LogP contribution in [0.2, 0.25) is 10.0 Å². The van der Waals surface area contributed by atoms with Gasteiger partial charge in [-0.25, -0.2) is 27.0 Å². The molecule has 0 aliphatic heterocycles. The highest BCUT2D eigenvalue weighted by Gasteiger charge is 2.21. The van der Waals surface area contributed by atoms with E-state index in [1.807, 2.05) is 30.3 Å². The number of benzene rings is 2. The van der Waals surface area contributed by atoms with Crippen LogP contribution in [0.25, 0.3) is 32.9 Å². The van der Waals surface area contributed by atoms with E-state index in [9.17, 15) is 17.6 Å². The summed E-state index contributed by atoms with van der Waals surface area (Å²) >= 11 is 13.2. The highest BCUT2D eigenvalue weighted by atomic mass is 35.5. The molecular weight excluding hydrogens is 562 g/mol. The van der Waals surface area contributed by atoms with Gasteiger partial charge in [-0.05, 0) is 18.2 Å². The van der Waals surface area contributed by atoms with Crippen LogP contribution in [0.3, 0.4) is 0 Å². The number of aryl methyl sites for hydroxylation is 1. The molecule has 3 aromatic heterocycles. The standard InChI is InChI=1S/C23H15Cl2FN6O3S2/c1-31-23(33)19(22-29-28-21(36-22)13-5-3-2-4-6-13)20-27-11-15(12-32(20)31)30-37(34,35)8-7-16-17(24)9-14(26)10-18(16)25/h2-12,30H,1H3. The monoisotopic (exact) mass is 576 g/mol. The van der Waals surface area contributed by atoms with Gasteiger partial charge in [-0.2, -0.15) is 0 Å². The average molecular weight is 577 g/mol. The van der Waals surface area contributed by atoms with Crippen molar-refractivity contribution < 1.29 is 12.8 Å². The van der Waals surface area contributed by atoms with Crippen molar-refractivity contribution >= 4 is 62.0 Å². The Hall–Kier alpha value is -3.58. The summed E-state index contributed by atoms with van der Waals surface area (Å²) in [5.74, 6) is -0.644. The van der Waals surface area contributed by atoms with Gasteiger partial charge in [0.2, 0.25) is 0 Å². The predicted octanol–water partition coefficient (Wildman–Crippen LogP) is 5.08. The van der Waals surface area contributed by atoms with E-state index >= 15 is 0 Å². The van der Waals surface area contributed by atoms with Gasteiger partial charge in [0.1, 0.15) is 16.4 Å². The zero-order valence-corrected chi connectivity index (χ0v) is 21.9. The molecule has 0 bridgehead atoms. The Bertz CT molecular complexity index is 1830. The maximum absolute atomic E-state index is 13.4. The molecule has 0 saturated heterocycles. The molecule has 0 radical (unpaired) electrons. The topological polar surface area (TPSA) is 111 Å². The summed E-state index contributed by atoms with van der Waals surface area (Å²) in [5.41, 5.74) is 1.26. The molecule has 0 unspecified atom stereocenters. The largest absolute Gasteiger partial charge is 0.279 e. The lowest BCUT2D eigenvalue weighted by Crippen LogP contribution is -2.16. The van der Waals surface area contributed by atoms with E-state index in [0.717, 1.165) is 29.2 Å². The van der Waals surface area contributed by atoms with E-state index in [2.05, 4.69) is 19.9 Å². The number of rotatable bonds is 6. The SMILES string of the molecule is Cn1c(=O)c(-c2nnc(-c3ccccc3)s2)c2ncc(NS(=O)(=O)C=Cc3c(Cl)cc(F)cc3Cl)cn21. The molecule has 1 N–H and O–H groups in total. The fraction of sp³-hybridized carbons (Fsp3) is 0.0435. The van der Waals surface area contributed by atoms with E-state index in [-0.39, 0.29) is 38.1 Å². The Kier molecular flexibility index (Phi) is 6.58. The van der Waals surface area contributed by atoms with Gasteiger partial charge in [0.25, 0.3) is 15.6 Å². The molecule has 0 fully saturated rings. The normalized spacial score (nSPS) is 12.0. The second-order valence-electron chi connectivity index (χ2n) is 7.73. The Morgan fingerprint density at radius 2 is 1.76 bits per heavy atom. The maximum Gasteiger partial charge on any atom is 0.279 e. The molecule has 0 aliphatic rings. The lowest BCUT2D eigenvalue weighted by Gasteiger charge is -2.07. The summed E-state index contributed by atoms with van der Waals surface area (Å²) < 4.78 is 43.7. The van der Waals surface area contributed by atoms with Gasteiger partial charge >= 0.3 is 0 Å². The minimum absolute atomic E-state index is 0.0403. The van der Waals surface area contributed by atoms with Gasteiger partial charge in [-0.3, -0.25) is 9.52 Å². The smallest absolute Gasteiger partial charge is 0.277 e. The fourth-order valence-electron chi connectivity index (χ4n) is 3.51. The summed E-state index contributed by atoms with van der Waals surface area (Å²) in [5, 5.41) is 10.2. The Morgan fingerprint density at radius 3 is 2.46 bits per heavy atom. The van der Waals surface area contributed by atoms with Gasteiger partial charge in [-0.15, -0.1) is 10.2 Å². The number of aromatic nitrogens is 5. The Labute approximate surface area is 223 Å². The molecule has 0 amide bonds. The van der Waals surface area contributed by atoms with Crippen molar-refractivity contribution in [2.24, 2.45) is 7.05 Å². The number of hydrogen-bond acceptors (Lipinski definition) is 7. The van der Waals surface area contributed by atoms with Crippen LogP contribution < -0.4 is 10.3 Å². The zero-order valence-electron chi connectivity index (χ0n) is 18.8. The summed E-state index contributed by atoms with van der Waals surface area (Å²) in [6.45, 7) is 0. The number of halogens is 3. The number of nitrogens with zero attached hydrogens (tertiary/aromatic N) is 5. The van der Waals surface area contributed by atoms with E-state index in [0.29, 0.717) is 10.0 Å². The van der Waals surface area contributed by atoms with Crippen LogP contribution in [-0.4, -0.2) is 32.8 Å². The van der Waals surface area contributed by atoms with Crippen LogP contribution >= 0.6 is 34.5 Å². The van der Waals surface area contributed by atoms with Gasteiger partial charge in [-0.1, -0.05) is 64.9 Å². The molecule has 14 heteroatoms. The second kappa shape index (κ2) is 9.71. The first-order valence-electron chi connectivity index (χ1n) is 10.4. The first-order chi connectivity index (χ1) is 17.6. The molecule has 37 heavy (non-hydrogen) atoms. The van der Waals surface area contributed by atoms with Crippen LogP contribution in [0.15, 0.2) is 65.1 Å². The Balaban J connectivity index is 1.46. The van der Waals surface area contributed by atoms with E-state index < -0.39 is 15.8 Å². The molecule has 0 saturated carbocycles. The van der Waals surface area contributed by atoms with Gasteiger partial charge in [0.15, 0.2) is 10.7 Å². The number of fused-ring (bicyclic) bond motifs is 1. The molecule has 9 nitrogen and oxygen atoms in total. The van der Waals surface area contributed by atoms with Crippen molar-refractivity contribution in [3.05, 3.63) is 92.0 Å². The minimum Gasteiger partial charge on any atom is -0.277 e. The van der Waals surface area contributed by atoms with Crippen molar-refractivity contribution in [1.29, 1.82) is 0 Å². The highest BCUT2D eigenvalue weighted by Crippen LogP contribution is 2.31. The lowest BCUT2D eigenvalue weighted by atomic mass is 10.2. The predicted molar refractivity (Wildman–Crippen MR) is 143 cm³/mol. The van der Waals surface area contributed by atoms with E-state index in [1.165, 1.54) is 40.0 Å². The van der Waals surface area contributed by atoms with Crippen molar-refractivity contribution in [2.75, 3.05) is 4.72 Å². The van der Waals surface area contributed by atoms with Crippen LogP contribution in [-0.2, 0) is 17.1 Å². The molecule has 5 aromatic rings. The lowest BCUT2D eigenvalue weighted by molar-refractivity contribution is 0.609. The first-order valence-corrected chi connectivity index (χ1v) is 13.6. The molecule has 2 aromatic carbocycles. The quantitative estimate of drug-likeness (QED) is 0.302. The summed E-state index contributed by atoms with van der Waals surface area (Å²) in [6, 6.07) is 11.5. The van der Waals surface area contributed by atoms with E-state index in [1.54, 1.807) is 0 Å². The zero-order chi connectivity index (χ0) is 26.3. The van der Waals surface area contributed by atoms with Crippen molar-refractivity contribution in [1.82, 2.24) is 24.4 Å². The average Bonchev–Trinajstić information content (AvgIpc) is 3.42. The molecule has 0 spiro atoms. The van der Waals surface area contributed by atoms with E-state index in [4.69, 9.17) is 23.2 Å². The third kappa shape index (κ3) is 5.01. The van der Waals surface area contributed by atoms with Crippen molar-refractivity contribution in [3.8, 4) is 21.1 Å². The van der Waals surface area contributed by atoms with Crippen LogP contribution in [0.1, 0.15) is 5.56 Å². The third-order valence-electron chi connectivity index (χ3n) is 5.24. The van der Waals surface area contributed by atoms with Gasteiger partial charge in [0, 0.05) is 18.2 Å². The van der Waals surface area contributed by atoms with Gasteiger partial charge in [0.05, 0.1) is 33.5 Å². The first kappa shape index (κ1) is 25.1. The molecular formula is C23H15Cl2FN6O3S2. The molecule has 0 atom stereocenters. The van der Waals surface area contributed by atoms with Crippen molar-refractivity contribution in [2.45, 2.75) is 0 Å². The summed E-state index contributed by atoms with van der Waals surface area (Å²) in [7, 11) is -2.52. The van der Waals surface area contributed by atoms with Crippen LogP contribution in [0.5, 0.6) is 0 Å². The second-order valence-corrected chi connectivity index (χ2v) is 11.1. The summed E-state index contributed by atoms with van der Waals surface area (Å²) in [4.78, 5) is 17.3. The molecule has 0 aliphatic carbocycles. The van der Waals surface area contributed by atoms with Crippen LogP contribution in [0.4, 0.5) is 10.1 Å².